The van der Waals surface area contributed by atoms with E-state index in [0.717, 1.165) is 55.4 Å². The second-order valence-electron chi connectivity index (χ2n) is 10.0. The van der Waals surface area contributed by atoms with Crippen LogP contribution in [0.5, 0.6) is 0 Å². The SMILES string of the molecule is CCCN1C(=O)C(Cc2c[nH]c3ccccc23)NC(=O)C12CCN(CCCc1ccccc1)CC2. The predicted octanol–water partition coefficient (Wildman–Crippen LogP) is 3.91. The Morgan fingerprint density at radius 2 is 1.71 bits per heavy atom. The Morgan fingerprint density at radius 1 is 0.971 bits per heavy atom. The zero-order valence-electron chi connectivity index (χ0n) is 20.6. The van der Waals surface area contributed by atoms with E-state index in [2.05, 4.69) is 58.5 Å². The predicted molar refractivity (Wildman–Crippen MR) is 139 cm³/mol. The third kappa shape index (κ3) is 4.72. The summed E-state index contributed by atoms with van der Waals surface area (Å²) in [5.41, 5.74) is 2.78. The summed E-state index contributed by atoms with van der Waals surface area (Å²) in [7, 11) is 0. The highest BCUT2D eigenvalue weighted by Crippen LogP contribution is 2.34. The van der Waals surface area contributed by atoms with Crippen LogP contribution >= 0.6 is 0 Å². The van der Waals surface area contributed by atoms with E-state index >= 15 is 0 Å². The number of hydrogen-bond donors (Lipinski definition) is 2. The van der Waals surface area contributed by atoms with Crippen LogP contribution in [-0.2, 0) is 22.4 Å². The van der Waals surface area contributed by atoms with Crippen LogP contribution in [-0.4, -0.2) is 64.4 Å². The van der Waals surface area contributed by atoms with Crippen molar-refractivity contribution in [2.24, 2.45) is 0 Å². The number of aromatic amines is 1. The Kier molecular flexibility index (Phi) is 6.91. The molecule has 3 aromatic rings. The monoisotopic (exact) mass is 472 g/mol. The lowest BCUT2D eigenvalue weighted by Gasteiger charge is -2.51. The molecule has 3 heterocycles. The van der Waals surface area contributed by atoms with Gasteiger partial charge in [0.15, 0.2) is 0 Å². The lowest BCUT2D eigenvalue weighted by molar-refractivity contribution is -0.161. The average molecular weight is 473 g/mol. The van der Waals surface area contributed by atoms with Gasteiger partial charge in [0.2, 0.25) is 11.8 Å². The van der Waals surface area contributed by atoms with Gasteiger partial charge in [0, 0.05) is 43.2 Å². The van der Waals surface area contributed by atoms with Gasteiger partial charge >= 0.3 is 0 Å². The van der Waals surface area contributed by atoms with E-state index in [9.17, 15) is 9.59 Å². The molecule has 2 aliphatic heterocycles. The number of benzene rings is 2. The summed E-state index contributed by atoms with van der Waals surface area (Å²) in [6, 6.07) is 18.2. The number of likely N-dealkylation sites (tertiary alicyclic amines) is 1. The summed E-state index contributed by atoms with van der Waals surface area (Å²) >= 11 is 0. The fourth-order valence-corrected chi connectivity index (χ4v) is 5.88. The molecule has 2 N–H and O–H groups in total. The lowest BCUT2D eigenvalue weighted by atomic mass is 9.81. The van der Waals surface area contributed by atoms with E-state index in [0.29, 0.717) is 25.8 Å². The molecular weight excluding hydrogens is 436 g/mol. The molecular formula is C29H36N4O2. The quantitative estimate of drug-likeness (QED) is 0.522. The molecule has 2 aromatic carbocycles. The number of carbonyl (C=O) groups is 2. The molecule has 0 saturated carbocycles. The largest absolute Gasteiger partial charge is 0.361 e. The molecule has 1 aromatic heterocycles. The number of fused-ring (bicyclic) bond motifs is 1. The first-order valence-corrected chi connectivity index (χ1v) is 13.0. The van der Waals surface area contributed by atoms with Gasteiger partial charge in [-0.15, -0.1) is 0 Å². The second-order valence-corrected chi connectivity index (χ2v) is 10.0. The smallest absolute Gasteiger partial charge is 0.246 e. The molecule has 1 spiro atoms. The van der Waals surface area contributed by atoms with Gasteiger partial charge in [0.1, 0.15) is 11.6 Å². The van der Waals surface area contributed by atoms with Crippen molar-refractivity contribution in [3.63, 3.8) is 0 Å². The van der Waals surface area contributed by atoms with Crippen LogP contribution in [0.15, 0.2) is 60.8 Å². The topological polar surface area (TPSA) is 68.4 Å². The maximum absolute atomic E-state index is 13.7. The summed E-state index contributed by atoms with van der Waals surface area (Å²) in [6.07, 6.45) is 6.91. The molecule has 2 fully saturated rings. The number of rotatable bonds is 8. The summed E-state index contributed by atoms with van der Waals surface area (Å²) in [6.45, 7) is 5.44. The van der Waals surface area contributed by atoms with Crippen LogP contribution in [0.4, 0.5) is 0 Å². The minimum atomic E-state index is -0.709. The summed E-state index contributed by atoms with van der Waals surface area (Å²) in [4.78, 5) is 34.9. The standard InChI is InChI=1S/C29H36N4O2/c1-2-16-33-27(34)26(20-23-21-30-25-13-7-6-12-24(23)25)31-28(35)29(33)14-18-32(19-15-29)17-8-11-22-9-4-3-5-10-22/h3-7,9-10,12-13,21,26,30H,2,8,11,14-20H2,1H3,(H,31,35). The van der Waals surface area contributed by atoms with Crippen molar-refractivity contribution in [1.29, 1.82) is 0 Å². The van der Waals surface area contributed by atoms with Crippen LogP contribution in [0.3, 0.4) is 0 Å². The molecule has 0 bridgehead atoms. The van der Waals surface area contributed by atoms with E-state index in [-0.39, 0.29) is 11.8 Å². The zero-order chi connectivity index (χ0) is 24.3. The fourth-order valence-electron chi connectivity index (χ4n) is 5.88. The van der Waals surface area contributed by atoms with Crippen molar-refractivity contribution in [3.8, 4) is 0 Å². The molecule has 2 aliphatic rings. The van der Waals surface area contributed by atoms with Crippen LogP contribution in [0, 0.1) is 0 Å². The number of amides is 2. The van der Waals surface area contributed by atoms with Gasteiger partial charge in [-0.05, 0) is 55.8 Å². The van der Waals surface area contributed by atoms with Gasteiger partial charge in [-0.3, -0.25) is 9.59 Å². The van der Waals surface area contributed by atoms with E-state index in [1.54, 1.807) is 0 Å². The highest BCUT2D eigenvalue weighted by atomic mass is 16.2. The number of aryl methyl sites for hydroxylation is 1. The van der Waals surface area contributed by atoms with Gasteiger partial charge in [-0.1, -0.05) is 55.5 Å². The third-order valence-electron chi connectivity index (χ3n) is 7.82. The van der Waals surface area contributed by atoms with Crippen LogP contribution in [0.25, 0.3) is 10.9 Å². The summed E-state index contributed by atoms with van der Waals surface area (Å²) in [5, 5.41) is 4.25. The van der Waals surface area contributed by atoms with Gasteiger partial charge in [0.05, 0.1) is 0 Å². The first-order valence-electron chi connectivity index (χ1n) is 13.0. The van der Waals surface area contributed by atoms with E-state index < -0.39 is 11.6 Å². The summed E-state index contributed by atoms with van der Waals surface area (Å²) in [5.74, 6) is 0.0913. The van der Waals surface area contributed by atoms with Crippen molar-refractivity contribution >= 4 is 22.7 Å². The number of piperidine rings is 1. The van der Waals surface area contributed by atoms with Crippen LogP contribution in [0.2, 0.25) is 0 Å². The molecule has 35 heavy (non-hydrogen) atoms. The number of carbonyl (C=O) groups excluding carboxylic acids is 2. The van der Waals surface area contributed by atoms with Crippen molar-refractivity contribution in [1.82, 2.24) is 20.1 Å². The Hall–Kier alpha value is -3.12. The second kappa shape index (κ2) is 10.2. The van der Waals surface area contributed by atoms with Gasteiger partial charge < -0.3 is 20.1 Å². The molecule has 1 unspecified atom stereocenters. The van der Waals surface area contributed by atoms with E-state index in [4.69, 9.17) is 0 Å². The number of para-hydroxylation sites is 1. The number of aromatic nitrogens is 1. The normalized spacial score (nSPS) is 20.5. The number of H-pyrrole nitrogens is 1. The lowest BCUT2D eigenvalue weighted by Crippen LogP contribution is -2.73. The number of piperazine rings is 1. The zero-order valence-corrected chi connectivity index (χ0v) is 20.6. The molecule has 1 atom stereocenters. The van der Waals surface area contributed by atoms with E-state index in [1.165, 1.54) is 5.56 Å². The van der Waals surface area contributed by atoms with Crippen LogP contribution in [0.1, 0.15) is 43.7 Å². The Labute approximate surface area is 207 Å². The average Bonchev–Trinajstić information content (AvgIpc) is 3.30. The highest BCUT2D eigenvalue weighted by Gasteiger charge is 2.53. The maximum atomic E-state index is 13.7. The minimum absolute atomic E-state index is 0.0272. The third-order valence-corrected chi connectivity index (χ3v) is 7.82. The fraction of sp³-hybridized carbons (Fsp3) is 0.448. The molecule has 0 radical (unpaired) electrons. The first-order chi connectivity index (χ1) is 17.1. The molecule has 184 valence electrons. The first kappa shape index (κ1) is 23.6. The summed E-state index contributed by atoms with van der Waals surface area (Å²) < 4.78 is 0. The molecule has 6 heteroatoms. The molecule has 0 aliphatic carbocycles. The maximum Gasteiger partial charge on any atom is 0.246 e. The molecule has 6 nitrogen and oxygen atoms in total. The van der Waals surface area contributed by atoms with Crippen molar-refractivity contribution in [2.45, 2.75) is 57.0 Å². The van der Waals surface area contributed by atoms with Gasteiger partial charge in [0.25, 0.3) is 0 Å². The number of nitrogens with one attached hydrogen (secondary N) is 2. The van der Waals surface area contributed by atoms with Gasteiger partial charge in [-0.25, -0.2) is 0 Å². The number of hydrogen-bond acceptors (Lipinski definition) is 3. The Bertz CT molecular complexity index is 1160. The number of nitrogens with zero attached hydrogens (tertiary/aromatic N) is 2. The molecule has 5 rings (SSSR count). The van der Waals surface area contributed by atoms with Crippen molar-refractivity contribution < 1.29 is 9.59 Å². The molecule has 2 amide bonds. The Morgan fingerprint density at radius 3 is 2.49 bits per heavy atom. The Balaban J connectivity index is 1.24. The highest BCUT2D eigenvalue weighted by molar-refractivity contribution is 6.00. The van der Waals surface area contributed by atoms with Crippen molar-refractivity contribution in [3.05, 3.63) is 71.9 Å². The van der Waals surface area contributed by atoms with Gasteiger partial charge in [-0.2, -0.15) is 0 Å². The van der Waals surface area contributed by atoms with Crippen molar-refractivity contribution in [2.75, 3.05) is 26.2 Å². The molecule has 2 saturated heterocycles. The minimum Gasteiger partial charge on any atom is -0.361 e. The van der Waals surface area contributed by atoms with Crippen LogP contribution < -0.4 is 5.32 Å². The van der Waals surface area contributed by atoms with E-state index in [1.807, 2.05) is 29.3 Å².